The normalized spacial score (nSPS) is 21.7. The van der Waals surface area contributed by atoms with Crippen LogP contribution in [0.1, 0.15) is 173 Å². The molecule has 6 rings (SSSR count). The zero-order valence-corrected chi connectivity index (χ0v) is 42.4. The minimum atomic E-state index is -1.25. The number of ether oxygens (including phenoxy) is 2. The van der Waals surface area contributed by atoms with Crippen molar-refractivity contribution in [3.05, 3.63) is 109 Å². The number of ketones is 1. The Morgan fingerprint density at radius 1 is 0.846 bits per heavy atom. The number of fused-ring (bicyclic) bond motifs is 7. The molecule has 10 heteroatoms. The SMILES string of the molecule is C=Cc1c2[n-]c(c1C)/C=C1\[N-]/C(=C3\c4[n-]c(c(C)c4C(=O)[C@@H]3C(=O)OC)/C=c3\[n-]/c(c(C)c3CC)=C\2)[C@@H](CCC(=O)OC/C=C(\C)CCC[C@H](C)CCC[C@H](C)CCCC(C)C)[C@@H]1[CH2-].[Mg+2]. The van der Waals surface area contributed by atoms with Crippen LogP contribution in [0.3, 0.4) is 0 Å². The van der Waals surface area contributed by atoms with Gasteiger partial charge in [-0.2, -0.15) is 17.3 Å². The summed E-state index contributed by atoms with van der Waals surface area (Å²) < 4.78 is 11.0. The molecule has 1 fully saturated rings. The molecule has 1 saturated heterocycles. The van der Waals surface area contributed by atoms with Gasteiger partial charge in [0.25, 0.3) is 0 Å². The maximum Gasteiger partial charge on any atom is 2.00 e. The van der Waals surface area contributed by atoms with Crippen molar-refractivity contribution in [1.29, 1.82) is 0 Å². The van der Waals surface area contributed by atoms with Crippen molar-refractivity contribution in [3.63, 3.8) is 0 Å². The fraction of sp³-hybridized carbons (Fsp3) is 0.527. The first-order valence-corrected chi connectivity index (χ1v) is 23.8. The van der Waals surface area contributed by atoms with E-state index in [1.807, 2.05) is 44.2 Å². The summed E-state index contributed by atoms with van der Waals surface area (Å²) >= 11 is 0. The average molecular weight is 893 g/mol. The maximum atomic E-state index is 14.3. The van der Waals surface area contributed by atoms with Gasteiger partial charge in [-0.1, -0.05) is 150 Å². The number of esters is 2. The van der Waals surface area contributed by atoms with Crippen LogP contribution in [0, 0.1) is 63.2 Å². The van der Waals surface area contributed by atoms with E-state index in [1.165, 1.54) is 57.6 Å². The number of methoxy groups -OCH3 is 1. The Kier molecular flexibility index (Phi) is 18.3. The number of aromatic nitrogens is 3. The maximum absolute atomic E-state index is 14.3. The third-order valence-electron chi connectivity index (χ3n) is 14.0. The summed E-state index contributed by atoms with van der Waals surface area (Å²) in [6.45, 7) is 28.4. The number of hydrogen-bond acceptors (Lipinski definition) is 5. The van der Waals surface area contributed by atoms with Gasteiger partial charge in [0.2, 0.25) is 0 Å². The van der Waals surface area contributed by atoms with Gasteiger partial charge < -0.3 is 36.7 Å². The molecule has 8 bridgehead atoms. The zero-order chi connectivity index (χ0) is 46.4. The van der Waals surface area contributed by atoms with Gasteiger partial charge in [0, 0.05) is 12.0 Å². The summed E-state index contributed by atoms with van der Waals surface area (Å²) in [5.41, 5.74) is 10.3. The van der Waals surface area contributed by atoms with Crippen molar-refractivity contribution in [2.75, 3.05) is 13.7 Å². The minimum absolute atomic E-state index is 0. The second-order valence-electron chi connectivity index (χ2n) is 19.2. The van der Waals surface area contributed by atoms with E-state index in [-0.39, 0.29) is 47.8 Å². The molecule has 3 aromatic heterocycles. The van der Waals surface area contributed by atoms with Crippen LogP contribution in [0.15, 0.2) is 29.6 Å². The molecule has 0 aromatic carbocycles. The van der Waals surface area contributed by atoms with Crippen molar-refractivity contribution in [1.82, 2.24) is 15.0 Å². The van der Waals surface area contributed by atoms with Gasteiger partial charge in [0.05, 0.1) is 7.11 Å². The number of rotatable bonds is 20. The van der Waals surface area contributed by atoms with Gasteiger partial charge in [-0.3, -0.25) is 14.4 Å². The van der Waals surface area contributed by atoms with Crippen molar-refractivity contribution in [2.45, 2.75) is 139 Å². The van der Waals surface area contributed by atoms with Crippen LogP contribution in [0.2, 0.25) is 0 Å². The number of carbonyl (C=O) groups excluding carboxylic acids is 3. The summed E-state index contributed by atoms with van der Waals surface area (Å²) in [4.78, 5) is 56.5. The molecule has 0 unspecified atom stereocenters. The molecule has 2 aliphatic heterocycles. The molecule has 3 aromatic rings. The number of allylic oxidation sites excluding steroid dienone is 3. The van der Waals surface area contributed by atoms with E-state index in [2.05, 4.69) is 62.0 Å². The molecular weight excluding hydrogens is 821 g/mol. The monoisotopic (exact) mass is 892 g/mol. The Hall–Kier alpha value is -4.28. The van der Waals surface area contributed by atoms with E-state index >= 15 is 0 Å². The topological polar surface area (TPSA) is 126 Å². The standard InChI is InChI=1S/C55H72N4O5.Mg/c1-13-39-35(8)42-28-44-37(10)41(24-25-48(60)64-27-26-34(7)23-17-22-33(6)21-16-20-32(5)19-15-18-31(3)4)52(58-44)50-51(55(62)63-12)54(61)49-38(11)45(59-53(49)50)30-47-40(14-2)36(9)43(57-47)29-46(39)56-42;/h13,26,28-33,37,41,51H,1,10,14-25,27H2,2-9,11-12H3,(H-,58,59,61);/q-4;+2/p-1/b34-26+,43-29-,44-28-,47-30-;/t32-,33-,37+,41+,51-;/m1./s1. The first-order valence-electron chi connectivity index (χ1n) is 23.8. The van der Waals surface area contributed by atoms with E-state index in [0.717, 1.165) is 69.7 Å². The van der Waals surface area contributed by atoms with Crippen molar-refractivity contribution in [3.8, 4) is 0 Å². The molecule has 5 heterocycles. The molecule has 9 nitrogen and oxygen atoms in total. The second kappa shape index (κ2) is 22.9. The first kappa shape index (κ1) is 51.7. The van der Waals surface area contributed by atoms with E-state index in [4.69, 9.17) is 29.7 Å². The summed E-state index contributed by atoms with van der Waals surface area (Å²) in [5.74, 6) is -1.18. The predicted molar refractivity (Wildman–Crippen MR) is 264 cm³/mol. The predicted octanol–water partition coefficient (Wildman–Crippen LogP) is 10.2. The Balaban J connectivity index is 0.00000793. The molecule has 3 aliphatic rings. The molecule has 0 spiro atoms. The van der Waals surface area contributed by atoms with Crippen LogP contribution in [0.4, 0.5) is 0 Å². The van der Waals surface area contributed by atoms with Gasteiger partial charge >= 0.3 is 35.0 Å². The quantitative estimate of drug-likeness (QED) is 0.0361. The van der Waals surface area contributed by atoms with Crippen molar-refractivity contribution in [2.24, 2.45) is 35.5 Å². The smallest absolute Gasteiger partial charge is 0.666 e. The molecule has 0 N–H and O–H groups in total. The zero-order valence-electron chi connectivity index (χ0n) is 41.0. The van der Waals surface area contributed by atoms with E-state index in [1.54, 1.807) is 0 Å². The summed E-state index contributed by atoms with van der Waals surface area (Å²) in [6, 6.07) is 0. The van der Waals surface area contributed by atoms with Crippen LogP contribution >= 0.6 is 0 Å². The van der Waals surface area contributed by atoms with Gasteiger partial charge in [-0.05, 0) is 82.8 Å². The fourth-order valence-corrected chi connectivity index (χ4v) is 9.94. The molecule has 0 amide bonds. The fourth-order valence-electron chi connectivity index (χ4n) is 9.94. The molecule has 5 atom stereocenters. The van der Waals surface area contributed by atoms with Crippen molar-refractivity contribution < 1.29 is 23.9 Å². The third-order valence-corrected chi connectivity index (χ3v) is 14.0. The van der Waals surface area contributed by atoms with E-state index < -0.39 is 23.7 Å². The molecule has 0 saturated carbocycles. The Labute approximate surface area is 404 Å². The van der Waals surface area contributed by atoms with Gasteiger partial charge in [0.15, 0.2) is 5.78 Å². The molecule has 346 valence electrons. The molecule has 1 aliphatic carbocycles. The average Bonchev–Trinajstić information content (AvgIpc) is 3.99. The minimum Gasteiger partial charge on any atom is -0.666 e. The Morgan fingerprint density at radius 3 is 2.14 bits per heavy atom. The Bertz CT molecular complexity index is 2450. The van der Waals surface area contributed by atoms with Crippen LogP contribution in [-0.2, 0) is 25.5 Å². The van der Waals surface area contributed by atoms with E-state index in [9.17, 15) is 14.4 Å². The number of nitrogens with zero attached hydrogens (tertiary/aromatic N) is 4. The second-order valence-corrected chi connectivity index (χ2v) is 19.2. The van der Waals surface area contributed by atoms with Gasteiger partial charge in [0.1, 0.15) is 12.5 Å². The molecule has 0 radical (unpaired) electrons. The number of hydrogen-bond donors (Lipinski definition) is 0. The van der Waals surface area contributed by atoms with Crippen LogP contribution in [0.5, 0.6) is 0 Å². The van der Waals surface area contributed by atoms with Crippen LogP contribution < -0.4 is 25.7 Å². The largest absolute Gasteiger partial charge is 2.00 e. The molecular formula is C55H71MgN4O5-3. The Morgan fingerprint density at radius 2 is 1.49 bits per heavy atom. The van der Waals surface area contributed by atoms with Crippen LogP contribution in [0.25, 0.3) is 35.2 Å². The first-order chi connectivity index (χ1) is 30.6. The van der Waals surface area contributed by atoms with Crippen LogP contribution in [-0.4, -0.2) is 54.5 Å². The van der Waals surface area contributed by atoms with Gasteiger partial charge in [-0.25, -0.2) is 0 Å². The third kappa shape index (κ3) is 11.6. The number of carbonyl (C=O) groups is 3. The van der Waals surface area contributed by atoms with E-state index in [0.29, 0.717) is 57.5 Å². The van der Waals surface area contributed by atoms with Gasteiger partial charge in [-0.15, -0.1) is 33.5 Å². The number of Topliss-reactive ketones (excluding diaryl/α,β-unsaturated/α-hetero) is 1. The molecule has 65 heavy (non-hydrogen) atoms. The summed E-state index contributed by atoms with van der Waals surface area (Å²) in [6.07, 6.45) is 22.1. The summed E-state index contributed by atoms with van der Waals surface area (Å²) in [7, 11) is 1.28. The van der Waals surface area contributed by atoms with Crippen molar-refractivity contribution >= 4 is 70.7 Å². The summed E-state index contributed by atoms with van der Waals surface area (Å²) in [5, 5.41) is 6.75.